The monoisotopic (exact) mass is 549 g/mol. The predicted molar refractivity (Wildman–Crippen MR) is 156 cm³/mol. The Morgan fingerprint density at radius 1 is 0.821 bits per heavy atom. The van der Waals surface area contributed by atoms with Gasteiger partial charge in [0, 0.05) is 12.6 Å². The minimum Gasteiger partial charge on any atom is -0.352 e. The number of anilines is 1. The third-order valence-corrected chi connectivity index (χ3v) is 8.68. The summed E-state index contributed by atoms with van der Waals surface area (Å²) in [5.74, 6) is -0.715. The number of carbonyl (C=O) groups is 2. The van der Waals surface area contributed by atoms with Gasteiger partial charge in [0.1, 0.15) is 12.6 Å². The van der Waals surface area contributed by atoms with Gasteiger partial charge < -0.3 is 10.2 Å². The van der Waals surface area contributed by atoms with Crippen LogP contribution in [0.3, 0.4) is 0 Å². The Morgan fingerprint density at radius 3 is 1.97 bits per heavy atom. The minimum atomic E-state index is -4.05. The SMILES string of the molecule is CCc1ccc(N(CC(=O)N(CCc2ccccc2)[C@H](C)C(=O)N[C@@H](C)CC)S(=O)(=O)c2ccccc2)cc1. The molecule has 208 valence electrons. The molecule has 0 aliphatic rings. The second kappa shape index (κ2) is 13.9. The molecule has 0 aliphatic heterocycles. The van der Waals surface area contributed by atoms with Gasteiger partial charge in [-0.3, -0.25) is 13.9 Å². The largest absolute Gasteiger partial charge is 0.352 e. The van der Waals surface area contributed by atoms with Crippen molar-refractivity contribution in [3.8, 4) is 0 Å². The van der Waals surface area contributed by atoms with Crippen molar-refractivity contribution in [2.45, 2.75) is 63.9 Å². The lowest BCUT2D eigenvalue weighted by atomic mass is 10.1. The van der Waals surface area contributed by atoms with Crippen LogP contribution in [0.4, 0.5) is 5.69 Å². The van der Waals surface area contributed by atoms with E-state index in [4.69, 9.17) is 0 Å². The molecule has 2 atom stereocenters. The quantitative estimate of drug-likeness (QED) is 0.331. The Bertz CT molecular complexity index is 1310. The predicted octanol–water partition coefficient (Wildman–Crippen LogP) is 4.82. The fraction of sp³-hybridized carbons (Fsp3) is 0.355. The first-order valence-corrected chi connectivity index (χ1v) is 14.9. The summed E-state index contributed by atoms with van der Waals surface area (Å²) in [4.78, 5) is 28.5. The molecule has 3 aromatic rings. The summed E-state index contributed by atoms with van der Waals surface area (Å²) < 4.78 is 28.7. The molecule has 0 bridgehead atoms. The van der Waals surface area contributed by atoms with Crippen molar-refractivity contribution in [3.63, 3.8) is 0 Å². The molecule has 0 spiro atoms. The lowest BCUT2D eigenvalue weighted by molar-refractivity contribution is -0.139. The maximum absolute atomic E-state index is 13.9. The topological polar surface area (TPSA) is 86.8 Å². The van der Waals surface area contributed by atoms with E-state index in [0.29, 0.717) is 12.1 Å². The molecule has 0 saturated heterocycles. The highest BCUT2D eigenvalue weighted by Crippen LogP contribution is 2.25. The first-order valence-electron chi connectivity index (χ1n) is 13.5. The summed E-state index contributed by atoms with van der Waals surface area (Å²) in [6.45, 7) is 7.43. The molecular formula is C31H39N3O4S. The molecule has 0 aliphatic carbocycles. The molecule has 7 nitrogen and oxygen atoms in total. The molecule has 0 radical (unpaired) electrons. The van der Waals surface area contributed by atoms with Crippen LogP contribution in [0.5, 0.6) is 0 Å². The number of amides is 2. The zero-order valence-corrected chi connectivity index (χ0v) is 24.0. The molecule has 0 fully saturated rings. The highest BCUT2D eigenvalue weighted by molar-refractivity contribution is 7.92. The van der Waals surface area contributed by atoms with Gasteiger partial charge in [-0.25, -0.2) is 8.42 Å². The Kier molecular flexibility index (Phi) is 10.7. The van der Waals surface area contributed by atoms with Crippen molar-refractivity contribution in [3.05, 3.63) is 96.1 Å². The minimum absolute atomic E-state index is 0.0435. The summed E-state index contributed by atoms with van der Waals surface area (Å²) in [7, 11) is -4.05. The molecule has 8 heteroatoms. The van der Waals surface area contributed by atoms with Crippen LogP contribution in [0.15, 0.2) is 89.8 Å². The fourth-order valence-electron chi connectivity index (χ4n) is 4.18. The third-order valence-electron chi connectivity index (χ3n) is 6.90. The van der Waals surface area contributed by atoms with Crippen molar-refractivity contribution >= 4 is 27.5 Å². The molecule has 0 unspecified atom stereocenters. The molecule has 0 saturated carbocycles. The molecule has 2 amide bonds. The Labute approximate surface area is 232 Å². The molecular weight excluding hydrogens is 510 g/mol. The van der Waals surface area contributed by atoms with E-state index in [1.54, 1.807) is 37.3 Å². The average molecular weight is 550 g/mol. The van der Waals surface area contributed by atoms with Crippen LogP contribution in [0.25, 0.3) is 0 Å². The van der Waals surface area contributed by atoms with Crippen LogP contribution in [-0.4, -0.2) is 50.3 Å². The number of carbonyl (C=O) groups excluding carboxylic acids is 2. The fourth-order valence-corrected chi connectivity index (χ4v) is 5.62. The molecule has 0 heterocycles. The number of aryl methyl sites for hydroxylation is 1. The Morgan fingerprint density at radius 2 is 1.41 bits per heavy atom. The maximum atomic E-state index is 13.9. The van der Waals surface area contributed by atoms with Crippen LogP contribution >= 0.6 is 0 Å². The first-order chi connectivity index (χ1) is 18.7. The van der Waals surface area contributed by atoms with E-state index in [1.807, 2.05) is 63.2 Å². The van der Waals surface area contributed by atoms with Crippen LogP contribution in [0.1, 0.15) is 45.2 Å². The lowest BCUT2D eigenvalue weighted by Gasteiger charge is -2.32. The molecule has 0 aromatic heterocycles. The van der Waals surface area contributed by atoms with E-state index in [9.17, 15) is 18.0 Å². The van der Waals surface area contributed by atoms with E-state index < -0.39 is 28.5 Å². The van der Waals surface area contributed by atoms with Gasteiger partial charge in [0.15, 0.2) is 0 Å². The third kappa shape index (κ3) is 7.93. The summed E-state index contributed by atoms with van der Waals surface area (Å²) in [5, 5.41) is 2.95. The van der Waals surface area contributed by atoms with E-state index >= 15 is 0 Å². The number of benzene rings is 3. The number of rotatable bonds is 13. The second-order valence-electron chi connectivity index (χ2n) is 9.66. The van der Waals surface area contributed by atoms with E-state index in [2.05, 4.69) is 5.32 Å². The smallest absolute Gasteiger partial charge is 0.264 e. The lowest BCUT2D eigenvalue weighted by Crippen LogP contribution is -2.53. The zero-order chi connectivity index (χ0) is 28.4. The number of hydrogen-bond acceptors (Lipinski definition) is 4. The highest BCUT2D eigenvalue weighted by Gasteiger charge is 2.32. The van der Waals surface area contributed by atoms with Gasteiger partial charge in [-0.05, 0) is 68.5 Å². The zero-order valence-electron chi connectivity index (χ0n) is 23.2. The van der Waals surface area contributed by atoms with Crippen LogP contribution in [0.2, 0.25) is 0 Å². The van der Waals surface area contributed by atoms with Gasteiger partial charge in [0.2, 0.25) is 11.8 Å². The average Bonchev–Trinajstić information content (AvgIpc) is 2.96. The van der Waals surface area contributed by atoms with Crippen molar-refractivity contribution in [2.24, 2.45) is 0 Å². The number of nitrogens with zero attached hydrogens (tertiary/aromatic N) is 2. The standard InChI is InChI=1S/C31H39N3O4S/c1-5-24(3)32-31(36)25(4)33(22-21-27-13-9-7-10-14-27)30(35)23-34(28-19-17-26(6-2)18-20-28)39(37,38)29-15-11-8-12-16-29/h7-20,24-25H,5-6,21-23H2,1-4H3,(H,32,36)/t24-,25+/m0/s1. The highest BCUT2D eigenvalue weighted by atomic mass is 32.2. The van der Waals surface area contributed by atoms with E-state index in [0.717, 1.165) is 28.3 Å². The first kappa shape index (κ1) is 29.9. The summed E-state index contributed by atoms with van der Waals surface area (Å²) in [5.41, 5.74) is 2.47. The number of sulfonamides is 1. The number of hydrogen-bond donors (Lipinski definition) is 1. The van der Waals surface area contributed by atoms with E-state index in [-0.39, 0.29) is 23.4 Å². The van der Waals surface area contributed by atoms with Gasteiger partial charge in [0.05, 0.1) is 10.6 Å². The summed E-state index contributed by atoms with van der Waals surface area (Å²) in [6.07, 6.45) is 2.10. The molecule has 3 aromatic carbocycles. The van der Waals surface area contributed by atoms with Crippen LogP contribution < -0.4 is 9.62 Å². The van der Waals surface area contributed by atoms with E-state index in [1.165, 1.54) is 17.0 Å². The Balaban J connectivity index is 1.96. The van der Waals surface area contributed by atoms with Gasteiger partial charge in [0.25, 0.3) is 10.0 Å². The maximum Gasteiger partial charge on any atom is 0.264 e. The van der Waals surface area contributed by atoms with Crippen molar-refractivity contribution < 1.29 is 18.0 Å². The molecule has 1 N–H and O–H groups in total. The summed E-state index contributed by atoms with van der Waals surface area (Å²) >= 11 is 0. The van der Waals surface area contributed by atoms with Crippen LogP contribution in [0, 0.1) is 0 Å². The Hall–Kier alpha value is -3.65. The van der Waals surface area contributed by atoms with Gasteiger partial charge in [-0.15, -0.1) is 0 Å². The number of nitrogens with one attached hydrogen (secondary N) is 1. The van der Waals surface area contributed by atoms with Crippen molar-refractivity contribution in [2.75, 3.05) is 17.4 Å². The summed E-state index contributed by atoms with van der Waals surface area (Å²) in [6, 6.07) is 24.1. The van der Waals surface area contributed by atoms with Gasteiger partial charge in [-0.2, -0.15) is 0 Å². The van der Waals surface area contributed by atoms with Crippen LogP contribution in [-0.2, 0) is 32.5 Å². The molecule has 39 heavy (non-hydrogen) atoms. The normalized spacial score (nSPS) is 12.8. The van der Waals surface area contributed by atoms with Crippen molar-refractivity contribution in [1.82, 2.24) is 10.2 Å². The van der Waals surface area contributed by atoms with Crippen molar-refractivity contribution in [1.29, 1.82) is 0 Å². The van der Waals surface area contributed by atoms with Gasteiger partial charge >= 0.3 is 0 Å². The van der Waals surface area contributed by atoms with Gasteiger partial charge in [-0.1, -0.05) is 74.5 Å². The second-order valence-corrected chi connectivity index (χ2v) is 11.5. The molecule has 3 rings (SSSR count).